The van der Waals surface area contributed by atoms with Crippen molar-refractivity contribution in [3.8, 4) is 0 Å². The summed E-state index contributed by atoms with van der Waals surface area (Å²) in [5.41, 5.74) is 9.17. The molecule has 0 aliphatic carbocycles. The third-order valence-corrected chi connectivity index (χ3v) is 8.10. The van der Waals surface area contributed by atoms with E-state index in [1.54, 1.807) is 32.3 Å². The first kappa shape index (κ1) is 27.4. The predicted octanol–water partition coefficient (Wildman–Crippen LogP) is 1.08. The number of aromatic nitrogens is 2. The lowest BCUT2D eigenvalue weighted by molar-refractivity contribution is 0.0361. The number of hydrogen-bond acceptors (Lipinski definition) is 8. The Hall–Kier alpha value is -2.61. The molecule has 2 aliphatic heterocycles. The van der Waals surface area contributed by atoms with Crippen LogP contribution in [0.25, 0.3) is 5.70 Å². The molecule has 0 amide bonds. The minimum atomic E-state index is -4.09. The second-order valence-corrected chi connectivity index (χ2v) is 12.1. The van der Waals surface area contributed by atoms with E-state index in [1.807, 2.05) is 19.2 Å². The molecule has 1 unspecified atom stereocenters. The Morgan fingerprint density at radius 3 is 2.62 bits per heavy atom. The Morgan fingerprint density at radius 1 is 1.27 bits per heavy atom. The number of aromatic amines is 1. The number of aliphatic imine (C=N–C) groups is 1. The zero-order valence-electron chi connectivity index (χ0n) is 21.8. The molecule has 4 rings (SSSR count). The van der Waals surface area contributed by atoms with Crippen LogP contribution in [-0.2, 0) is 21.2 Å². The number of morpholine rings is 1. The number of nitrogens with two attached hydrogens (primary N) is 2. The number of primary sulfonamides is 1. The summed E-state index contributed by atoms with van der Waals surface area (Å²) in [5, 5.41) is 23.1. The largest absolute Gasteiger partial charge is 0.390 e. The van der Waals surface area contributed by atoms with Crippen LogP contribution in [0.2, 0.25) is 0 Å². The summed E-state index contributed by atoms with van der Waals surface area (Å²) in [6.07, 6.45) is 6.21. The number of amidine groups is 1. The van der Waals surface area contributed by atoms with E-state index in [2.05, 4.69) is 20.1 Å². The van der Waals surface area contributed by atoms with E-state index in [-0.39, 0.29) is 9.38 Å². The van der Waals surface area contributed by atoms with Gasteiger partial charge in [0.15, 0.2) is 17.2 Å². The lowest BCUT2D eigenvalue weighted by Crippen LogP contribution is -2.57. The molecule has 0 saturated carbocycles. The zero-order chi connectivity index (χ0) is 26.8. The van der Waals surface area contributed by atoms with Crippen LogP contribution in [0.4, 0.5) is 5.69 Å². The number of hydrogen-bond donors (Lipinski definition) is 4. The summed E-state index contributed by atoms with van der Waals surface area (Å²) >= 11 is 0. The van der Waals surface area contributed by atoms with Crippen LogP contribution >= 0.6 is 0 Å². The molecule has 0 radical (unpaired) electrons. The number of benzene rings is 1. The van der Waals surface area contributed by atoms with E-state index in [0.29, 0.717) is 56.2 Å². The molecule has 37 heavy (non-hydrogen) atoms. The van der Waals surface area contributed by atoms with Gasteiger partial charge in [0, 0.05) is 19.6 Å². The molecule has 1 fully saturated rings. The fourth-order valence-electron chi connectivity index (χ4n) is 5.01. The van der Waals surface area contributed by atoms with Gasteiger partial charge >= 0.3 is 0 Å². The minimum Gasteiger partial charge on any atom is -0.390 e. The van der Waals surface area contributed by atoms with Crippen molar-refractivity contribution in [2.45, 2.75) is 44.1 Å². The maximum Gasteiger partial charge on any atom is 0.238 e. The molecule has 1 atom stereocenters. The topological polar surface area (TPSA) is 160 Å². The van der Waals surface area contributed by atoms with Gasteiger partial charge in [-0.05, 0) is 56.9 Å². The Morgan fingerprint density at radius 2 is 2.00 bits per heavy atom. The quantitative estimate of drug-likeness (QED) is 0.352. The van der Waals surface area contributed by atoms with Gasteiger partial charge in [0.25, 0.3) is 0 Å². The maximum absolute atomic E-state index is 12.9. The number of H-pyrrole nitrogens is 1. The van der Waals surface area contributed by atoms with Gasteiger partial charge in [-0.2, -0.15) is 5.10 Å². The van der Waals surface area contributed by atoms with Crippen LogP contribution in [0.15, 0.2) is 40.6 Å². The highest BCUT2D eigenvalue weighted by atomic mass is 32.2. The van der Waals surface area contributed by atoms with Crippen molar-refractivity contribution in [1.29, 1.82) is 0 Å². The van der Waals surface area contributed by atoms with Gasteiger partial charge in [0.1, 0.15) is 19.3 Å². The summed E-state index contributed by atoms with van der Waals surface area (Å²) < 4.78 is 31.6. The highest BCUT2D eigenvalue weighted by molar-refractivity contribution is 7.89. The Kier molecular flexibility index (Phi) is 7.88. The number of aryl methyl sites for hydroxylation is 2. The number of nitrogens with one attached hydrogen (secondary N) is 1. The standard InChI is InChI=1S/C25H38N7O4S/c1-18-12-21(23(37(27,34)35)13-19(18)4-5-25(2,3)33)22-16-28-24(26)17-32(22,20-14-29-30-15-20)9-6-31-7-10-36-11-8-31/h12-16,33H,4-11,17H2,1-3H3,(H2,26,28)(H,29,30)(H2,27,34,35)/q+1. The van der Waals surface area contributed by atoms with Crippen molar-refractivity contribution in [2.24, 2.45) is 15.9 Å². The molecular weight excluding hydrogens is 494 g/mol. The van der Waals surface area contributed by atoms with Gasteiger partial charge < -0.3 is 15.6 Å². The van der Waals surface area contributed by atoms with Crippen LogP contribution in [0.3, 0.4) is 0 Å². The predicted molar refractivity (Wildman–Crippen MR) is 144 cm³/mol. The minimum absolute atomic E-state index is 0.0307. The van der Waals surface area contributed by atoms with Gasteiger partial charge in [0.05, 0.1) is 41.7 Å². The van der Waals surface area contributed by atoms with Crippen molar-refractivity contribution >= 4 is 27.2 Å². The number of ether oxygens (including phenoxy) is 1. The molecule has 2 aromatic rings. The molecule has 3 heterocycles. The Balaban J connectivity index is 1.84. The van der Waals surface area contributed by atoms with Crippen LogP contribution in [0, 0.1) is 6.92 Å². The van der Waals surface area contributed by atoms with E-state index in [0.717, 1.165) is 36.4 Å². The van der Waals surface area contributed by atoms with Crippen LogP contribution in [0.1, 0.15) is 37.0 Å². The second-order valence-electron chi connectivity index (χ2n) is 10.5. The van der Waals surface area contributed by atoms with Gasteiger partial charge in [0.2, 0.25) is 10.0 Å². The third-order valence-electron chi connectivity index (χ3n) is 7.15. The summed E-state index contributed by atoms with van der Waals surface area (Å²) in [7, 11) is -4.09. The maximum atomic E-state index is 12.9. The van der Waals surface area contributed by atoms with Gasteiger partial charge in [-0.3, -0.25) is 10.00 Å². The lowest BCUT2D eigenvalue weighted by atomic mass is 9.94. The van der Waals surface area contributed by atoms with Crippen LogP contribution < -0.4 is 15.4 Å². The summed E-state index contributed by atoms with van der Waals surface area (Å²) in [5.74, 6) is 0.447. The molecule has 2 aliphatic rings. The zero-order valence-corrected chi connectivity index (χ0v) is 22.6. The van der Waals surface area contributed by atoms with Crippen molar-refractivity contribution in [1.82, 2.24) is 19.6 Å². The molecule has 0 bridgehead atoms. The number of rotatable bonds is 9. The lowest BCUT2D eigenvalue weighted by Gasteiger charge is -2.41. The van der Waals surface area contributed by atoms with E-state index >= 15 is 0 Å². The molecule has 1 saturated heterocycles. The molecule has 202 valence electrons. The third kappa shape index (κ3) is 6.28. The molecule has 11 nitrogen and oxygen atoms in total. The van der Waals surface area contributed by atoms with Crippen molar-refractivity contribution in [3.63, 3.8) is 0 Å². The molecule has 1 aromatic carbocycles. The highest BCUT2D eigenvalue weighted by Gasteiger charge is 2.42. The van der Waals surface area contributed by atoms with E-state index < -0.39 is 15.6 Å². The molecule has 6 N–H and O–H groups in total. The SMILES string of the molecule is Cc1cc(C2=CN=C(N)C[N+]2(CCN2CCOCC2)c2cn[nH]c2)c(S(N)(=O)=O)cc1CCC(C)(C)O. The fourth-order valence-corrected chi connectivity index (χ4v) is 5.78. The normalized spacial score (nSPS) is 21.5. The fraction of sp³-hybridized carbons (Fsp3) is 0.520. The average molecular weight is 533 g/mol. The van der Waals surface area contributed by atoms with E-state index in [1.165, 1.54) is 0 Å². The molecule has 1 aromatic heterocycles. The Labute approximate surface area is 218 Å². The number of aliphatic hydroxyl groups is 1. The Bertz CT molecular complexity index is 1280. The monoisotopic (exact) mass is 532 g/mol. The molecule has 0 spiro atoms. The van der Waals surface area contributed by atoms with Crippen LogP contribution in [0.5, 0.6) is 0 Å². The van der Waals surface area contributed by atoms with Crippen molar-refractivity contribution < 1.29 is 18.3 Å². The van der Waals surface area contributed by atoms with E-state index in [4.69, 9.17) is 15.6 Å². The van der Waals surface area contributed by atoms with Gasteiger partial charge in [-0.1, -0.05) is 0 Å². The first-order valence-electron chi connectivity index (χ1n) is 12.5. The summed E-state index contributed by atoms with van der Waals surface area (Å²) in [6, 6.07) is 3.50. The smallest absolute Gasteiger partial charge is 0.238 e. The molecular formula is C25H38N7O4S+. The number of quaternary nitrogens is 1. The summed E-state index contributed by atoms with van der Waals surface area (Å²) in [4.78, 5) is 6.77. The summed E-state index contributed by atoms with van der Waals surface area (Å²) in [6.45, 7) is 10.1. The van der Waals surface area contributed by atoms with Crippen LogP contribution in [-0.4, -0.2) is 86.0 Å². The first-order chi connectivity index (χ1) is 17.4. The number of sulfonamides is 1. The van der Waals surface area contributed by atoms with Crippen molar-refractivity contribution in [3.05, 3.63) is 47.4 Å². The van der Waals surface area contributed by atoms with Gasteiger partial charge in [-0.25, -0.2) is 23.0 Å². The van der Waals surface area contributed by atoms with Gasteiger partial charge in [-0.15, -0.1) is 0 Å². The first-order valence-corrected chi connectivity index (χ1v) is 14.0. The number of nitrogens with zero attached hydrogens (tertiary/aromatic N) is 4. The second kappa shape index (κ2) is 10.6. The average Bonchev–Trinajstić information content (AvgIpc) is 3.37. The molecule has 12 heteroatoms. The highest BCUT2D eigenvalue weighted by Crippen LogP contribution is 2.39. The van der Waals surface area contributed by atoms with Crippen molar-refractivity contribution in [2.75, 3.05) is 45.9 Å². The van der Waals surface area contributed by atoms with E-state index in [9.17, 15) is 13.5 Å².